The maximum atomic E-state index is 2.21. The third-order valence-electron chi connectivity index (χ3n) is 1.49. The largest absolute Gasteiger partial charge is 0.201 e. The molecule has 0 bridgehead atoms. The molecule has 1 aromatic rings. The van der Waals surface area contributed by atoms with Crippen LogP contribution in [0.1, 0.15) is 21.3 Å². The van der Waals surface area contributed by atoms with Gasteiger partial charge in [0.15, 0.2) is 18.9 Å². The van der Waals surface area contributed by atoms with Gasteiger partial charge in [-0.25, -0.2) is 4.57 Å². The second-order valence-corrected chi connectivity index (χ2v) is 2.85. The van der Waals surface area contributed by atoms with E-state index in [1.54, 1.807) is 0 Å². The Morgan fingerprint density at radius 2 is 1.75 bits per heavy atom. The molecule has 0 aliphatic rings. The van der Waals surface area contributed by atoms with Crippen LogP contribution in [0.5, 0.6) is 0 Å². The summed E-state index contributed by atoms with van der Waals surface area (Å²) in [6, 6.07) is 6.11. The van der Waals surface area contributed by atoms with Crippen molar-refractivity contribution in [1.82, 2.24) is 0 Å². The van der Waals surface area contributed by atoms with Gasteiger partial charge in [0.2, 0.25) is 0 Å². The highest BCUT2D eigenvalue weighted by atomic mass is 14.9. The normalized spacial score (nSPS) is 8.50. The van der Waals surface area contributed by atoms with E-state index in [4.69, 9.17) is 0 Å². The zero-order valence-corrected chi connectivity index (χ0v) is 7.12. The van der Waals surface area contributed by atoms with E-state index in [2.05, 4.69) is 36.9 Å². The Labute approximate surface area is 75.4 Å². The fraction of sp³-hybridized carbons (Fsp3) is 0.364. The molecular weight excluding hydrogens is 146 g/mol. The van der Waals surface area contributed by atoms with Gasteiger partial charge in [-0.15, -0.1) is 0 Å². The van der Waals surface area contributed by atoms with Crippen LogP contribution in [0.2, 0.25) is 0 Å². The summed E-state index contributed by atoms with van der Waals surface area (Å²) in [7, 11) is 0. The highest BCUT2D eigenvalue weighted by Crippen LogP contribution is 1.87. The summed E-state index contributed by atoms with van der Waals surface area (Å²) in [5, 5.41) is 0. The molecule has 0 N–H and O–H groups in total. The van der Waals surface area contributed by atoms with E-state index in [1.807, 2.05) is 18.2 Å². The van der Waals surface area contributed by atoms with E-state index in [0.29, 0.717) is 0 Å². The summed E-state index contributed by atoms with van der Waals surface area (Å²) >= 11 is 0. The van der Waals surface area contributed by atoms with Crippen LogP contribution in [0.25, 0.3) is 0 Å². The molecule has 12 heavy (non-hydrogen) atoms. The number of aromatic nitrogens is 1. The van der Waals surface area contributed by atoms with Crippen molar-refractivity contribution < 1.29 is 4.57 Å². The van der Waals surface area contributed by atoms with Gasteiger partial charge < -0.3 is 0 Å². The molecule has 1 heteroatoms. The van der Waals surface area contributed by atoms with Crippen molar-refractivity contribution in [2.24, 2.45) is 0 Å². The molecule has 0 saturated carbocycles. The Morgan fingerprint density at radius 1 is 1.17 bits per heavy atom. The molecule has 1 rings (SSSR count). The average molecular weight is 164 g/mol. The smallest absolute Gasteiger partial charge is 0.169 e. The Bertz CT molecular complexity index is 232. The van der Waals surface area contributed by atoms with Gasteiger partial charge in [-0.2, -0.15) is 0 Å². The molecular formula is C11H18N+. The van der Waals surface area contributed by atoms with E-state index < -0.39 is 0 Å². The maximum Gasteiger partial charge on any atom is 0.169 e. The second kappa shape index (κ2) is 5.53. The average Bonchev–Trinajstić information content (AvgIpc) is 2.03. The topological polar surface area (TPSA) is 3.88 Å². The molecule has 66 valence electrons. The van der Waals surface area contributed by atoms with E-state index in [-0.39, 0.29) is 7.43 Å². The molecule has 1 heterocycles. The molecule has 0 atom stereocenters. The van der Waals surface area contributed by atoms with Crippen molar-refractivity contribution in [2.45, 2.75) is 27.8 Å². The second-order valence-electron chi connectivity index (χ2n) is 2.85. The van der Waals surface area contributed by atoms with Gasteiger partial charge in [-0.3, -0.25) is 0 Å². The van der Waals surface area contributed by atoms with Crippen LogP contribution in [-0.4, -0.2) is 0 Å². The van der Waals surface area contributed by atoms with Crippen molar-refractivity contribution in [3.63, 3.8) is 0 Å². The van der Waals surface area contributed by atoms with E-state index in [1.165, 1.54) is 5.57 Å². The number of hydrogen-bond acceptors (Lipinski definition) is 0. The van der Waals surface area contributed by atoms with Crippen LogP contribution in [0.4, 0.5) is 0 Å². The van der Waals surface area contributed by atoms with Crippen molar-refractivity contribution in [3.05, 3.63) is 42.2 Å². The lowest BCUT2D eigenvalue weighted by molar-refractivity contribution is -0.687. The Kier molecular flexibility index (Phi) is 5.02. The van der Waals surface area contributed by atoms with Gasteiger partial charge in [-0.1, -0.05) is 19.1 Å². The summed E-state index contributed by atoms with van der Waals surface area (Å²) in [5.74, 6) is 0. The Hall–Kier alpha value is -1.11. The molecule has 0 aliphatic heterocycles. The third-order valence-corrected chi connectivity index (χ3v) is 1.49. The van der Waals surface area contributed by atoms with Crippen molar-refractivity contribution in [1.29, 1.82) is 0 Å². The molecule has 0 aliphatic carbocycles. The molecule has 0 fully saturated rings. The SMILES string of the molecule is C.CC(C)=CC[n+]1ccccc1. The number of nitrogens with zero attached hydrogens (tertiary/aromatic N) is 1. The van der Waals surface area contributed by atoms with Crippen molar-refractivity contribution in [3.8, 4) is 0 Å². The van der Waals surface area contributed by atoms with Gasteiger partial charge in [0.1, 0.15) is 0 Å². The fourth-order valence-electron chi connectivity index (χ4n) is 0.844. The van der Waals surface area contributed by atoms with Gasteiger partial charge in [-0.05, 0) is 19.9 Å². The first-order valence-corrected chi connectivity index (χ1v) is 3.86. The quantitative estimate of drug-likeness (QED) is 0.467. The number of hydrogen-bond donors (Lipinski definition) is 0. The summed E-state index contributed by atoms with van der Waals surface area (Å²) in [5.41, 5.74) is 1.36. The molecule has 0 radical (unpaired) electrons. The van der Waals surface area contributed by atoms with Gasteiger partial charge in [0, 0.05) is 12.1 Å². The van der Waals surface area contributed by atoms with Crippen molar-refractivity contribution in [2.75, 3.05) is 0 Å². The maximum absolute atomic E-state index is 2.21. The van der Waals surface area contributed by atoms with Crippen LogP contribution < -0.4 is 4.57 Å². The van der Waals surface area contributed by atoms with E-state index in [0.717, 1.165) is 6.54 Å². The van der Waals surface area contributed by atoms with Crippen LogP contribution >= 0.6 is 0 Å². The minimum absolute atomic E-state index is 0. The highest BCUT2D eigenvalue weighted by Gasteiger charge is 1.91. The minimum Gasteiger partial charge on any atom is -0.201 e. The molecule has 1 nitrogen and oxygen atoms in total. The van der Waals surface area contributed by atoms with E-state index in [9.17, 15) is 0 Å². The highest BCUT2D eigenvalue weighted by molar-refractivity contribution is 4.91. The van der Waals surface area contributed by atoms with Crippen molar-refractivity contribution >= 4 is 0 Å². The van der Waals surface area contributed by atoms with E-state index >= 15 is 0 Å². The summed E-state index contributed by atoms with van der Waals surface area (Å²) in [4.78, 5) is 0. The zero-order valence-electron chi connectivity index (χ0n) is 7.12. The Balaban J connectivity index is 0.00000121. The molecule has 0 saturated heterocycles. The summed E-state index contributed by atoms with van der Waals surface area (Å²) < 4.78 is 2.15. The molecule has 0 unspecified atom stereocenters. The lowest BCUT2D eigenvalue weighted by Gasteiger charge is -1.90. The number of pyridine rings is 1. The minimum atomic E-state index is 0. The summed E-state index contributed by atoms with van der Waals surface area (Å²) in [6.45, 7) is 5.20. The first kappa shape index (κ1) is 10.9. The van der Waals surface area contributed by atoms with Crippen LogP contribution in [0, 0.1) is 0 Å². The lowest BCUT2D eigenvalue weighted by Crippen LogP contribution is -2.31. The monoisotopic (exact) mass is 164 g/mol. The summed E-state index contributed by atoms with van der Waals surface area (Å²) in [6.07, 6.45) is 6.35. The Morgan fingerprint density at radius 3 is 2.25 bits per heavy atom. The predicted molar refractivity (Wildman–Crippen MR) is 52.8 cm³/mol. The molecule has 0 amide bonds. The third kappa shape index (κ3) is 3.91. The molecule has 0 spiro atoms. The fourth-order valence-corrected chi connectivity index (χ4v) is 0.844. The molecule has 0 aromatic carbocycles. The predicted octanol–water partition coefficient (Wildman–Crippen LogP) is 2.58. The van der Waals surface area contributed by atoms with Crippen LogP contribution in [-0.2, 0) is 6.54 Å². The van der Waals surface area contributed by atoms with Crippen LogP contribution in [0.3, 0.4) is 0 Å². The molecule has 1 aromatic heterocycles. The van der Waals surface area contributed by atoms with Gasteiger partial charge >= 0.3 is 0 Å². The lowest BCUT2D eigenvalue weighted by atomic mass is 10.3. The van der Waals surface area contributed by atoms with Gasteiger partial charge in [0.05, 0.1) is 0 Å². The first-order valence-electron chi connectivity index (χ1n) is 3.86. The number of allylic oxidation sites excluding steroid dienone is 2. The van der Waals surface area contributed by atoms with Gasteiger partial charge in [0.25, 0.3) is 0 Å². The van der Waals surface area contributed by atoms with Crippen LogP contribution in [0.15, 0.2) is 42.2 Å². The number of rotatable bonds is 2. The zero-order chi connectivity index (χ0) is 8.10. The first-order chi connectivity index (χ1) is 5.29. The standard InChI is InChI=1S/C10H14N.CH4/c1-10(2)6-9-11-7-4-3-5-8-11;/h3-8H,9H2,1-2H3;1H4/q+1;.